The van der Waals surface area contributed by atoms with Crippen molar-refractivity contribution in [2.45, 2.75) is 0 Å². The maximum absolute atomic E-state index is 12.6. The van der Waals surface area contributed by atoms with Crippen LogP contribution in [0.2, 0.25) is 0 Å². The third-order valence-corrected chi connectivity index (χ3v) is 6.54. The summed E-state index contributed by atoms with van der Waals surface area (Å²) in [6, 6.07) is 16.9. The van der Waals surface area contributed by atoms with E-state index < -0.39 is 0 Å². The van der Waals surface area contributed by atoms with Gasteiger partial charge in [-0.1, -0.05) is 18.2 Å². The fourth-order valence-corrected chi connectivity index (χ4v) is 4.62. The topological polar surface area (TPSA) is 125 Å². The minimum Gasteiger partial charge on any atom is -0.345 e. The molecular weight excluding hydrogens is 488 g/mol. The summed E-state index contributed by atoms with van der Waals surface area (Å²) < 4.78 is 0. The first-order valence-corrected chi connectivity index (χ1v) is 12.3. The first-order valence-electron chi connectivity index (χ1n) is 12.3. The van der Waals surface area contributed by atoms with Crippen LogP contribution in [0, 0.1) is 0 Å². The zero-order valence-corrected chi connectivity index (χ0v) is 20.5. The summed E-state index contributed by atoms with van der Waals surface area (Å²) in [6.07, 6.45) is 14.2. The Morgan fingerprint density at radius 3 is 2.46 bits per heavy atom. The molecule has 0 aliphatic carbocycles. The van der Waals surface area contributed by atoms with E-state index in [4.69, 9.17) is 4.98 Å². The summed E-state index contributed by atoms with van der Waals surface area (Å²) in [7, 11) is 0. The Morgan fingerprint density at radius 1 is 0.769 bits per heavy atom. The highest BCUT2D eigenvalue weighted by molar-refractivity contribution is 6.04. The standard InChI is InChI=1S/C30H20N8O/c39-30(19-4-2-1-3-5-19)36-22-10-20(12-32-14-22)21-11-23-25(16-35-28(23)34-13-21)29-37-26-17-33-15-24(27(26)38-29)18-6-8-31-9-7-18/h1-17H,(H,34,35)(H,36,39)(H,37,38). The molecule has 0 spiro atoms. The maximum Gasteiger partial charge on any atom is 0.255 e. The van der Waals surface area contributed by atoms with E-state index in [2.05, 4.69) is 35.2 Å². The predicted molar refractivity (Wildman–Crippen MR) is 150 cm³/mol. The maximum atomic E-state index is 12.6. The van der Waals surface area contributed by atoms with Crippen LogP contribution >= 0.6 is 0 Å². The van der Waals surface area contributed by atoms with Gasteiger partial charge in [-0.05, 0) is 42.0 Å². The summed E-state index contributed by atoms with van der Waals surface area (Å²) in [5.74, 6) is 0.516. The number of aromatic amines is 2. The van der Waals surface area contributed by atoms with Gasteiger partial charge in [-0.3, -0.25) is 19.7 Å². The molecule has 9 nitrogen and oxygen atoms in total. The Labute approximate surface area is 222 Å². The molecule has 7 aromatic rings. The van der Waals surface area contributed by atoms with E-state index in [0.717, 1.165) is 49.9 Å². The normalized spacial score (nSPS) is 11.2. The molecule has 1 amide bonds. The number of carbonyl (C=O) groups excluding carboxylic acids is 1. The van der Waals surface area contributed by atoms with Gasteiger partial charge in [-0.15, -0.1) is 0 Å². The Bertz CT molecular complexity index is 1960. The summed E-state index contributed by atoms with van der Waals surface area (Å²) in [5.41, 5.74) is 8.09. The Balaban J connectivity index is 1.25. The zero-order chi connectivity index (χ0) is 26.2. The van der Waals surface area contributed by atoms with E-state index in [1.54, 1.807) is 49.3 Å². The van der Waals surface area contributed by atoms with Gasteiger partial charge in [-0.2, -0.15) is 0 Å². The average molecular weight is 509 g/mol. The van der Waals surface area contributed by atoms with Gasteiger partial charge in [0.05, 0.1) is 29.1 Å². The lowest BCUT2D eigenvalue weighted by Gasteiger charge is -2.07. The number of amides is 1. The summed E-state index contributed by atoms with van der Waals surface area (Å²) in [4.78, 5) is 41.7. The van der Waals surface area contributed by atoms with Gasteiger partial charge in [0.25, 0.3) is 5.91 Å². The molecule has 1 aromatic carbocycles. The van der Waals surface area contributed by atoms with Crippen molar-refractivity contribution >= 4 is 33.7 Å². The fraction of sp³-hybridized carbons (Fsp3) is 0. The van der Waals surface area contributed by atoms with E-state index in [-0.39, 0.29) is 5.91 Å². The highest BCUT2D eigenvalue weighted by Gasteiger charge is 2.16. The van der Waals surface area contributed by atoms with Crippen molar-refractivity contribution in [1.29, 1.82) is 0 Å². The Hall–Kier alpha value is -5.70. The molecule has 9 heteroatoms. The second-order valence-corrected chi connectivity index (χ2v) is 9.01. The lowest BCUT2D eigenvalue weighted by molar-refractivity contribution is 0.102. The quantitative estimate of drug-likeness (QED) is 0.267. The highest BCUT2D eigenvalue weighted by Crippen LogP contribution is 2.33. The number of fused-ring (bicyclic) bond motifs is 2. The van der Waals surface area contributed by atoms with Crippen LogP contribution in [0.15, 0.2) is 104 Å². The van der Waals surface area contributed by atoms with Gasteiger partial charge in [-0.25, -0.2) is 9.97 Å². The number of carbonyl (C=O) groups is 1. The third-order valence-electron chi connectivity index (χ3n) is 6.54. The van der Waals surface area contributed by atoms with E-state index in [9.17, 15) is 4.79 Å². The minimum absolute atomic E-state index is 0.193. The molecule has 0 saturated carbocycles. The molecule has 0 radical (unpaired) electrons. The number of imidazole rings is 1. The molecule has 0 aliphatic heterocycles. The third kappa shape index (κ3) is 4.17. The number of hydrogen-bond donors (Lipinski definition) is 3. The number of nitrogens with zero attached hydrogens (tertiary/aromatic N) is 5. The van der Waals surface area contributed by atoms with Crippen molar-refractivity contribution in [2.75, 3.05) is 5.32 Å². The van der Waals surface area contributed by atoms with Gasteiger partial charge < -0.3 is 15.3 Å². The monoisotopic (exact) mass is 508 g/mol. The van der Waals surface area contributed by atoms with Crippen molar-refractivity contribution in [2.24, 2.45) is 0 Å². The van der Waals surface area contributed by atoms with E-state index in [1.807, 2.05) is 54.9 Å². The summed E-state index contributed by atoms with van der Waals surface area (Å²) >= 11 is 0. The molecule has 6 heterocycles. The van der Waals surface area contributed by atoms with Crippen molar-refractivity contribution in [3.8, 4) is 33.6 Å². The van der Waals surface area contributed by atoms with E-state index in [1.165, 1.54) is 0 Å². The predicted octanol–water partition coefficient (Wildman–Crippen LogP) is 5.88. The first kappa shape index (κ1) is 22.5. The number of H-pyrrole nitrogens is 2. The molecule has 0 bridgehead atoms. The average Bonchev–Trinajstić information content (AvgIpc) is 3.62. The van der Waals surface area contributed by atoms with Crippen molar-refractivity contribution < 1.29 is 4.79 Å². The van der Waals surface area contributed by atoms with Crippen LogP contribution in [0.5, 0.6) is 0 Å². The second kappa shape index (κ2) is 9.31. The Kier molecular flexibility index (Phi) is 5.37. The van der Waals surface area contributed by atoms with Crippen LogP contribution in [0.1, 0.15) is 10.4 Å². The van der Waals surface area contributed by atoms with Crippen LogP contribution in [-0.2, 0) is 0 Å². The van der Waals surface area contributed by atoms with Crippen LogP contribution in [0.4, 0.5) is 5.69 Å². The molecular formula is C30H20N8O. The van der Waals surface area contributed by atoms with Gasteiger partial charge >= 0.3 is 0 Å². The second-order valence-electron chi connectivity index (χ2n) is 9.01. The van der Waals surface area contributed by atoms with Crippen LogP contribution in [0.3, 0.4) is 0 Å². The molecule has 186 valence electrons. The lowest BCUT2D eigenvalue weighted by Crippen LogP contribution is -2.11. The number of rotatable bonds is 5. The summed E-state index contributed by atoms with van der Waals surface area (Å²) in [6.45, 7) is 0. The largest absolute Gasteiger partial charge is 0.345 e. The molecule has 0 unspecified atom stereocenters. The van der Waals surface area contributed by atoms with Crippen molar-refractivity contribution in [1.82, 2.24) is 34.9 Å². The number of anilines is 1. The number of nitrogens with one attached hydrogen (secondary N) is 3. The van der Waals surface area contributed by atoms with Crippen LogP contribution in [0.25, 0.3) is 55.7 Å². The number of pyridine rings is 4. The van der Waals surface area contributed by atoms with Crippen LogP contribution in [-0.4, -0.2) is 40.8 Å². The SMILES string of the molecule is O=C(Nc1cncc(-c2cnc3[nH]cc(-c4nc5c(-c6ccncc6)cncc5[nH]4)c3c2)c1)c1ccccc1. The molecule has 0 aliphatic rings. The van der Waals surface area contributed by atoms with Crippen LogP contribution < -0.4 is 5.32 Å². The van der Waals surface area contributed by atoms with Crippen molar-refractivity contribution in [3.63, 3.8) is 0 Å². The highest BCUT2D eigenvalue weighted by atomic mass is 16.1. The van der Waals surface area contributed by atoms with Gasteiger partial charge in [0.1, 0.15) is 11.5 Å². The van der Waals surface area contributed by atoms with Gasteiger partial charge in [0.2, 0.25) is 0 Å². The molecule has 0 atom stereocenters. The molecule has 3 N–H and O–H groups in total. The molecule has 7 rings (SSSR count). The van der Waals surface area contributed by atoms with E-state index >= 15 is 0 Å². The molecule has 0 fully saturated rings. The molecule has 6 aromatic heterocycles. The molecule has 39 heavy (non-hydrogen) atoms. The number of aromatic nitrogens is 7. The minimum atomic E-state index is -0.193. The Morgan fingerprint density at radius 2 is 1.59 bits per heavy atom. The van der Waals surface area contributed by atoms with E-state index in [0.29, 0.717) is 17.1 Å². The fourth-order valence-electron chi connectivity index (χ4n) is 4.62. The van der Waals surface area contributed by atoms with Gasteiger partial charge in [0.15, 0.2) is 0 Å². The van der Waals surface area contributed by atoms with Crippen molar-refractivity contribution in [3.05, 3.63) is 110 Å². The zero-order valence-electron chi connectivity index (χ0n) is 20.5. The molecule has 0 saturated heterocycles. The number of hydrogen-bond acceptors (Lipinski definition) is 6. The smallest absolute Gasteiger partial charge is 0.255 e. The lowest BCUT2D eigenvalue weighted by atomic mass is 10.1. The summed E-state index contributed by atoms with van der Waals surface area (Å²) in [5, 5.41) is 3.82. The van der Waals surface area contributed by atoms with Gasteiger partial charge in [0, 0.05) is 70.4 Å². The first-order chi connectivity index (χ1) is 19.2. The number of benzene rings is 1.